The second-order valence-corrected chi connectivity index (χ2v) is 3.68. The van der Waals surface area contributed by atoms with E-state index in [-0.39, 0.29) is 5.69 Å². The number of nitrogen functional groups attached to an aromatic ring is 1. The first-order chi connectivity index (χ1) is 6.77. The Balaban J connectivity index is 2.29. The number of rotatable bonds is 2. The zero-order valence-corrected chi connectivity index (χ0v) is 8.01. The fraction of sp³-hybridized carbons (Fsp3) is 0. The highest BCUT2D eigenvalue weighted by Gasteiger charge is 2.06. The van der Waals surface area contributed by atoms with Crippen LogP contribution in [0.4, 0.5) is 10.1 Å². The van der Waals surface area contributed by atoms with Gasteiger partial charge in [0, 0.05) is 17.3 Å². The van der Waals surface area contributed by atoms with E-state index in [4.69, 9.17) is 5.73 Å². The van der Waals surface area contributed by atoms with E-state index in [9.17, 15) is 4.39 Å². The normalized spacial score (nSPS) is 10.4. The maximum absolute atomic E-state index is 13.0. The van der Waals surface area contributed by atoms with Crippen molar-refractivity contribution in [3.8, 4) is 0 Å². The third kappa shape index (κ3) is 1.72. The molecule has 2 aromatic rings. The van der Waals surface area contributed by atoms with Gasteiger partial charge in [-0.3, -0.25) is 0 Å². The Morgan fingerprint density at radius 3 is 3.00 bits per heavy atom. The van der Waals surface area contributed by atoms with Gasteiger partial charge in [-0.05, 0) is 23.9 Å². The molecule has 5 heteroatoms. The van der Waals surface area contributed by atoms with Crippen LogP contribution in [-0.2, 0) is 0 Å². The summed E-state index contributed by atoms with van der Waals surface area (Å²) in [6.45, 7) is 0. The molecule has 0 atom stereocenters. The highest BCUT2D eigenvalue weighted by atomic mass is 32.2. The van der Waals surface area contributed by atoms with Crippen LogP contribution >= 0.6 is 11.8 Å². The lowest BCUT2D eigenvalue weighted by atomic mass is 10.3. The fourth-order valence-corrected chi connectivity index (χ4v) is 1.82. The minimum absolute atomic E-state index is 0.161. The van der Waals surface area contributed by atoms with Crippen molar-refractivity contribution in [3.63, 3.8) is 0 Å². The lowest BCUT2D eigenvalue weighted by Gasteiger charge is -2.02. The first-order valence-corrected chi connectivity index (χ1v) is 4.80. The molecule has 0 amide bonds. The molecular weight excluding hydrogens is 201 g/mol. The fourth-order valence-electron chi connectivity index (χ4n) is 1.02. The first kappa shape index (κ1) is 9.08. The quantitative estimate of drug-likeness (QED) is 0.746. The number of anilines is 1. The van der Waals surface area contributed by atoms with Crippen LogP contribution in [0.3, 0.4) is 0 Å². The number of aromatic amines is 1. The maximum Gasteiger partial charge on any atom is 0.170 e. The Labute approximate surface area is 84.5 Å². The standard InChI is InChI=1S/C9H8FN3S/c10-6-2-1-3-7(8(6)11)14-9-12-4-5-13-9/h1-5H,11H2,(H,12,13). The zero-order valence-electron chi connectivity index (χ0n) is 7.20. The largest absolute Gasteiger partial charge is 0.395 e. The van der Waals surface area contributed by atoms with E-state index >= 15 is 0 Å². The zero-order chi connectivity index (χ0) is 9.97. The average Bonchev–Trinajstić information content (AvgIpc) is 2.66. The number of nitrogens with two attached hydrogens (primary N) is 1. The molecule has 1 aromatic carbocycles. The van der Waals surface area contributed by atoms with Crippen LogP contribution in [0, 0.1) is 5.82 Å². The second kappa shape index (κ2) is 3.71. The molecule has 72 valence electrons. The van der Waals surface area contributed by atoms with E-state index in [0.717, 1.165) is 0 Å². The van der Waals surface area contributed by atoms with Crippen LogP contribution < -0.4 is 5.73 Å². The summed E-state index contributed by atoms with van der Waals surface area (Å²) in [7, 11) is 0. The molecule has 0 saturated carbocycles. The molecule has 0 fully saturated rings. The van der Waals surface area contributed by atoms with Gasteiger partial charge in [-0.15, -0.1) is 0 Å². The molecule has 3 N–H and O–H groups in total. The van der Waals surface area contributed by atoms with Crippen molar-refractivity contribution in [2.75, 3.05) is 5.73 Å². The van der Waals surface area contributed by atoms with Crippen molar-refractivity contribution in [3.05, 3.63) is 36.4 Å². The van der Waals surface area contributed by atoms with Crippen molar-refractivity contribution in [1.82, 2.24) is 9.97 Å². The number of imidazole rings is 1. The van der Waals surface area contributed by atoms with Gasteiger partial charge in [0.05, 0.1) is 5.69 Å². The Kier molecular flexibility index (Phi) is 2.41. The van der Waals surface area contributed by atoms with Gasteiger partial charge in [-0.25, -0.2) is 9.37 Å². The molecule has 0 saturated heterocycles. The molecule has 2 rings (SSSR count). The van der Waals surface area contributed by atoms with E-state index in [1.807, 2.05) is 0 Å². The summed E-state index contributed by atoms with van der Waals surface area (Å²) in [4.78, 5) is 7.58. The average molecular weight is 209 g/mol. The van der Waals surface area contributed by atoms with Crippen LogP contribution in [0.25, 0.3) is 0 Å². The lowest BCUT2D eigenvalue weighted by Crippen LogP contribution is -1.92. The summed E-state index contributed by atoms with van der Waals surface area (Å²) in [6, 6.07) is 4.71. The monoisotopic (exact) mass is 209 g/mol. The SMILES string of the molecule is Nc1c(F)cccc1Sc1ncc[nH]1. The molecule has 0 aliphatic heterocycles. The number of para-hydroxylation sites is 1. The molecule has 0 aliphatic rings. The molecule has 1 aromatic heterocycles. The third-order valence-electron chi connectivity index (χ3n) is 1.69. The molecule has 0 bridgehead atoms. The first-order valence-electron chi connectivity index (χ1n) is 3.98. The molecule has 0 radical (unpaired) electrons. The highest BCUT2D eigenvalue weighted by Crippen LogP contribution is 2.30. The van der Waals surface area contributed by atoms with Crippen LogP contribution in [0.5, 0.6) is 0 Å². The molecule has 0 aliphatic carbocycles. The molecule has 0 spiro atoms. The van der Waals surface area contributed by atoms with Gasteiger partial charge < -0.3 is 10.7 Å². The predicted octanol–water partition coefficient (Wildman–Crippen LogP) is 2.28. The van der Waals surface area contributed by atoms with Gasteiger partial charge >= 0.3 is 0 Å². The Morgan fingerprint density at radius 2 is 2.29 bits per heavy atom. The van der Waals surface area contributed by atoms with Crippen molar-refractivity contribution >= 4 is 17.4 Å². The molecule has 14 heavy (non-hydrogen) atoms. The topological polar surface area (TPSA) is 54.7 Å². The van der Waals surface area contributed by atoms with Crippen LogP contribution in [0.1, 0.15) is 0 Å². The minimum Gasteiger partial charge on any atom is -0.395 e. The highest BCUT2D eigenvalue weighted by molar-refractivity contribution is 7.99. The summed E-state index contributed by atoms with van der Waals surface area (Å²) in [6.07, 6.45) is 3.34. The lowest BCUT2D eigenvalue weighted by molar-refractivity contribution is 0.629. The molecule has 3 nitrogen and oxygen atoms in total. The van der Waals surface area contributed by atoms with Crippen LogP contribution in [-0.4, -0.2) is 9.97 Å². The summed E-state index contributed by atoms with van der Waals surface area (Å²) in [5.41, 5.74) is 5.72. The Morgan fingerprint density at radius 1 is 1.43 bits per heavy atom. The summed E-state index contributed by atoms with van der Waals surface area (Å²) in [5, 5.41) is 0.697. The molecule has 1 heterocycles. The van der Waals surface area contributed by atoms with Gasteiger partial charge in [0.25, 0.3) is 0 Å². The molecular formula is C9H8FN3S. The van der Waals surface area contributed by atoms with Gasteiger partial charge in [-0.2, -0.15) is 0 Å². The number of aromatic nitrogens is 2. The van der Waals surface area contributed by atoms with Crippen molar-refractivity contribution in [1.29, 1.82) is 0 Å². The van der Waals surface area contributed by atoms with E-state index in [1.165, 1.54) is 17.8 Å². The number of hydrogen-bond donors (Lipinski definition) is 2. The van der Waals surface area contributed by atoms with Crippen molar-refractivity contribution in [2.24, 2.45) is 0 Å². The molecule has 0 unspecified atom stereocenters. The summed E-state index contributed by atoms with van der Waals surface area (Å²) < 4.78 is 13.0. The number of benzene rings is 1. The van der Waals surface area contributed by atoms with E-state index in [1.54, 1.807) is 24.5 Å². The number of nitrogens with one attached hydrogen (secondary N) is 1. The van der Waals surface area contributed by atoms with Crippen molar-refractivity contribution < 1.29 is 4.39 Å². The van der Waals surface area contributed by atoms with Gasteiger partial charge in [0.1, 0.15) is 5.82 Å². The van der Waals surface area contributed by atoms with Gasteiger partial charge in [-0.1, -0.05) is 6.07 Å². The minimum atomic E-state index is -0.401. The number of hydrogen-bond acceptors (Lipinski definition) is 3. The smallest absolute Gasteiger partial charge is 0.170 e. The maximum atomic E-state index is 13.0. The van der Waals surface area contributed by atoms with Crippen LogP contribution in [0.2, 0.25) is 0 Å². The Hall–Kier alpha value is -1.49. The van der Waals surface area contributed by atoms with E-state index in [2.05, 4.69) is 9.97 Å². The van der Waals surface area contributed by atoms with Gasteiger partial charge in [0.2, 0.25) is 0 Å². The van der Waals surface area contributed by atoms with Crippen molar-refractivity contribution in [2.45, 2.75) is 10.1 Å². The van der Waals surface area contributed by atoms with Gasteiger partial charge in [0.15, 0.2) is 5.16 Å². The Bertz CT molecular complexity index is 428. The van der Waals surface area contributed by atoms with Crippen LogP contribution in [0.15, 0.2) is 40.6 Å². The number of H-pyrrole nitrogens is 1. The number of halogens is 1. The number of nitrogens with zero attached hydrogens (tertiary/aromatic N) is 1. The predicted molar refractivity (Wildman–Crippen MR) is 53.5 cm³/mol. The summed E-state index contributed by atoms with van der Waals surface area (Å²) in [5.74, 6) is -0.401. The van der Waals surface area contributed by atoms with E-state index in [0.29, 0.717) is 10.1 Å². The second-order valence-electron chi connectivity index (χ2n) is 2.65. The summed E-state index contributed by atoms with van der Waals surface area (Å²) >= 11 is 1.30. The van der Waals surface area contributed by atoms with E-state index < -0.39 is 5.82 Å². The third-order valence-corrected chi connectivity index (χ3v) is 2.69.